The number of hydrogen-bond acceptors (Lipinski definition) is 5. The van der Waals surface area contributed by atoms with Gasteiger partial charge in [0, 0.05) is 44.5 Å². The Morgan fingerprint density at radius 2 is 2.31 bits per heavy atom. The molecule has 1 aromatic heterocycles. The van der Waals surface area contributed by atoms with Crippen molar-refractivity contribution in [2.75, 3.05) is 26.0 Å². The van der Waals surface area contributed by atoms with Crippen molar-refractivity contribution in [1.82, 2.24) is 14.3 Å². The van der Waals surface area contributed by atoms with Crippen LogP contribution in [0.3, 0.4) is 0 Å². The SMILES string of the molecule is CN(C)C(=O)CCNc1nc(C2CC2)ns1. The van der Waals surface area contributed by atoms with E-state index in [0.717, 1.165) is 11.0 Å². The molecule has 0 spiro atoms. The van der Waals surface area contributed by atoms with E-state index in [9.17, 15) is 4.79 Å². The molecule has 1 heterocycles. The van der Waals surface area contributed by atoms with Crippen LogP contribution in [0, 0.1) is 0 Å². The minimum atomic E-state index is 0.124. The van der Waals surface area contributed by atoms with Crippen LogP contribution in [0.5, 0.6) is 0 Å². The van der Waals surface area contributed by atoms with Gasteiger partial charge in [0.2, 0.25) is 11.0 Å². The quantitative estimate of drug-likeness (QED) is 0.843. The van der Waals surface area contributed by atoms with Crippen molar-refractivity contribution in [3.8, 4) is 0 Å². The zero-order valence-electron chi connectivity index (χ0n) is 9.56. The highest BCUT2D eigenvalue weighted by molar-refractivity contribution is 7.09. The first-order valence-electron chi connectivity index (χ1n) is 5.44. The molecule has 0 saturated heterocycles. The second-order valence-corrected chi connectivity index (χ2v) is 4.95. The number of aromatic nitrogens is 2. The summed E-state index contributed by atoms with van der Waals surface area (Å²) < 4.78 is 4.28. The van der Waals surface area contributed by atoms with E-state index < -0.39 is 0 Å². The lowest BCUT2D eigenvalue weighted by Gasteiger charge is -2.09. The lowest BCUT2D eigenvalue weighted by Crippen LogP contribution is -2.23. The first-order chi connectivity index (χ1) is 7.66. The van der Waals surface area contributed by atoms with Crippen LogP contribution < -0.4 is 5.32 Å². The molecule has 0 atom stereocenters. The van der Waals surface area contributed by atoms with Crippen molar-refractivity contribution in [2.24, 2.45) is 0 Å². The third-order valence-electron chi connectivity index (χ3n) is 2.50. The van der Waals surface area contributed by atoms with Gasteiger partial charge in [0.25, 0.3) is 0 Å². The van der Waals surface area contributed by atoms with Crippen LogP contribution in [-0.4, -0.2) is 40.8 Å². The van der Waals surface area contributed by atoms with E-state index in [0.29, 0.717) is 18.9 Å². The Bertz CT molecular complexity index is 373. The molecular weight excluding hydrogens is 224 g/mol. The molecule has 0 unspecified atom stereocenters. The maximum atomic E-state index is 11.3. The second-order valence-electron chi connectivity index (χ2n) is 4.20. The maximum Gasteiger partial charge on any atom is 0.223 e. The number of rotatable bonds is 5. The predicted octanol–water partition coefficient (Wildman–Crippen LogP) is 1.31. The number of nitrogens with one attached hydrogen (secondary N) is 1. The Hall–Kier alpha value is -1.17. The monoisotopic (exact) mass is 240 g/mol. The molecule has 1 amide bonds. The standard InChI is InChI=1S/C10H16N4OS/c1-14(2)8(15)5-6-11-10-12-9(13-16-10)7-3-4-7/h7H,3-6H2,1-2H3,(H,11,12,13). The van der Waals surface area contributed by atoms with E-state index in [1.54, 1.807) is 19.0 Å². The molecule has 16 heavy (non-hydrogen) atoms. The summed E-state index contributed by atoms with van der Waals surface area (Å²) in [5.41, 5.74) is 0. The number of amides is 1. The number of carbonyl (C=O) groups is 1. The van der Waals surface area contributed by atoms with E-state index >= 15 is 0 Å². The van der Waals surface area contributed by atoms with Gasteiger partial charge >= 0.3 is 0 Å². The summed E-state index contributed by atoms with van der Waals surface area (Å²) in [6, 6.07) is 0. The molecule has 1 saturated carbocycles. The first-order valence-corrected chi connectivity index (χ1v) is 6.22. The molecule has 1 fully saturated rings. The van der Waals surface area contributed by atoms with Crippen molar-refractivity contribution in [3.05, 3.63) is 5.82 Å². The van der Waals surface area contributed by atoms with E-state index in [4.69, 9.17) is 0 Å². The van der Waals surface area contributed by atoms with Crippen LogP contribution >= 0.6 is 11.5 Å². The minimum absolute atomic E-state index is 0.124. The number of nitrogens with zero attached hydrogens (tertiary/aromatic N) is 3. The third kappa shape index (κ3) is 2.91. The zero-order valence-corrected chi connectivity index (χ0v) is 10.4. The van der Waals surface area contributed by atoms with E-state index in [2.05, 4.69) is 14.7 Å². The predicted molar refractivity (Wildman–Crippen MR) is 63.7 cm³/mol. The summed E-state index contributed by atoms with van der Waals surface area (Å²) in [7, 11) is 3.52. The Morgan fingerprint density at radius 1 is 1.56 bits per heavy atom. The Morgan fingerprint density at radius 3 is 2.94 bits per heavy atom. The topological polar surface area (TPSA) is 58.1 Å². The van der Waals surface area contributed by atoms with Crippen LogP contribution in [0.2, 0.25) is 0 Å². The molecule has 0 aromatic carbocycles. The third-order valence-corrected chi connectivity index (χ3v) is 3.19. The van der Waals surface area contributed by atoms with Crippen molar-refractivity contribution >= 4 is 22.6 Å². The van der Waals surface area contributed by atoms with Gasteiger partial charge in [-0.1, -0.05) is 0 Å². The van der Waals surface area contributed by atoms with Crippen molar-refractivity contribution in [1.29, 1.82) is 0 Å². The number of carbonyl (C=O) groups excluding carboxylic acids is 1. The van der Waals surface area contributed by atoms with Gasteiger partial charge in [-0.3, -0.25) is 4.79 Å². The van der Waals surface area contributed by atoms with Crippen molar-refractivity contribution in [2.45, 2.75) is 25.2 Å². The molecule has 0 aliphatic heterocycles. The van der Waals surface area contributed by atoms with Gasteiger partial charge < -0.3 is 10.2 Å². The average molecular weight is 240 g/mol. The molecule has 1 N–H and O–H groups in total. The lowest BCUT2D eigenvalue weighted by atomic mass is 10.4. The second kappa shape index (κ2) is 4.78. The summed E-state index contributed by atoms with van der Waals surface area (Å²) in [5, 5.41) is 3.96. The van der Waals surface area contributed by atoms with Crippen LogP contribution in [0.4, 0.5) is 5.13 Å². The fourth-order valence-electron chi connectivity index (χ4n) is 1.31. The van der Waals surface area contributed by atoms with Gasteiger partial charge in [-0.05, 0) is 12.8 Å². The fraction of sp³-hybridized carbons (Fsp3) is 0.700. The Labute approximate surface area is 99.0 Å². The van der Waals surface area contributed by atoms with E-state index in [-0.39, 0.29) is 5.91 Å². The summed E-state index contributed by atoms with van der Waals surface area (Å²) in [6.45, 7) is 0.621. The minimum Gasteiger partial charge on any atom is -0.360 e. The van der Waals surface area contributed by atoms with Gasteiger partial charge in [-0.2, -0.15) is 4.37 Å². The van der Waals surface area contributed by atoms with Crippen LogP contribution in [0.1, 0.15) is 31.0 Å². The molecule has 5 nitrogen and oxygen atoms in total. The fourth-order valence-corrected chi connectivity index (χ4v) is 1.98. The van der Waals surface area contributed by atoms with E-state index in [1.165, 1.54) is 24.4 Å². The number of hydrogen-bond donors (Lipinski definition) is 1. The van der Waals surface area contributed by atoms with Crippen LogP contribution in [-0.2, 0) is 4.79 Å². The largest absolute Gasteiger partial charge is 0.360 e. The normalized spacial score (nSPS) is 14.9. The molecule has 88 valence electrons. The number of anilines is 1. The van der Waals surface area contributed by atoms with Gasteiger partial charge in [0.05, 0.1) is 0 Å². The molecule has 6 heteroatoms. The summed E-state index contributed by atoms with van der Waals surface area (Å²) in [6.07, 6.45) is 2.93. The maximum absolute atomic E-state index is 11.3. The Balaban J connectivity index is 1.74. The smallest absolute Gasteiger partial charge is 0.223 e. The zero-order chi connectivity index (χ0) is 11.5. The molecular formula is C10H16N4OS. The molecule has 0 bridgehead atoms. The van der Waals surface area contributed by atoms with Gasteiger partial charge in [0.1, 0.15) is 5.82 Å². The first kappa shape index (κ1) is 11.3. The van der Waals surface area contributed by atoms with Crippen molar-refractivity contribution < 1.29 is 4.79 Å². The highest BCUT2D eigenvalue weighted by atomic mass is 32.1. The lowest BCUT2D eigenvalue weighted by molar-refractivity contribution is -0.128. The van der Waals surface area contributed by atoms with Gasteiger partial charge in [-0.15, -0.1) is 0 Å². The summed E-state index contributed by atoms with van der Waals surface area (Å²) in [4.78, 5) is 17.3. The average Bonchev–Trinajstić information content (AvgIpc) is 2.99. The van der Waals surface area contributed by atoms with E-state index in [1.807, 2.05) is 0 Å². The molecule has 1 aliphatic carbocycles. The highest BCUT2D eigenvalue weighted by Crippen LogP contribution is 2.39. The molecule has 1 aromatic rings. The van der Waals surface area contributed by atoms with Crippen LogP contribution in [0.25, 0.3) is 0 Å². The van der Waals surface area contributed by atoms with Crippen LogP contribution in [0.15, 0.2) is 0 Å². The van der Waals surface area contributed by atoms with Gasteiger partial charge in [-0.25, -0.2) is 4.98 Å². The Kier molecular flexibility index (Phi) is 3.38. The molecule has 1 aliphatic rings. The summed E-state index contributed by atoms with van der Waals surface area (Å²) >= 11 is 1.38. The molecule has 2 rings (SSSR count). The van der Waals surface area contributed by atoms with Crippen molar-refractivity contribution in [3.63, 3.8) is 0 Å². The van der Waals surface area contributed by atoms with Gasteiger partial charge in [0.15, 0.2) is 0 Å². The summed E-state index contributed by atoms with van der Waals surface area (Å²) in [5.74, 6) is 1.68. The molecule has 0 radical (unpaired) electrons. The highest BCUT2D eigenvalue weighted by Gasteiger charge is 2.27.